The zero-order valence-electron chi connectivity index (χ0n) is 13.1. The van der Waals surface area contributed by atoms with Gasteiger partial charge in [-0.05, 0) is 18.9 Å². The van der Waals surface area contributed by atoms with E-state index in [-0.39, 0.29) is 30.0 Å². The number of amides is 1. The van der Waals surface area contributed by atoms with Crippen LogP contribution in [0, 0.1) is 5.92 Å². The molecule has 0 saturated carbocycles. The lowest BCUT2D eigenvalue weighted by atomic mass is 10.1. The average Bonchev–Trinajstić information content (AvgIpc) is 2.83. The van der Waals surface area contributed by atoms with E-state index in [1.165, 1.54) is 5.41 Å². The van der Waals surface area contributed by atoms with Gasteiger partial charge in [0.2, 0.25) is 5.91 Å². The Morgan fingerprint density at radius 1 is 1.32 bits per heavy atom. The number of hydrogen-bond donors (Lipinski definition) is 0. The van der Waals surface area contributed by atoms with Crippen LogP contribution < -0.4 is 0 Å². The lowest BCUT2D eigenvalue weighted by Gasteiger charge is -2.29. The largest absolute Gasteiger partial charge is 0.336 e. The van der Waals surface area contributed by atoms with E-state index in [2.05, 4.69) is 6.92 Å². The molecule has 2 rings (SSSR count). The molecule has 2 unspecified atom stereocenters. The molecule has 22 heavy (non-hydrogen) atoms. The number of nitrogens with zero attached hydrogens (tertiary/aromatic N) is 1. The SMILES string of the molecule is CCC(C)N(Cc1ccccc1)C(=O)CC1C=CS(=O)(=O)C1. The van der Waals surface area contributed by atoms with Gasteiger partial charge in [0.25, 0.3) is 0 Å². The van der Waals surface area contributed by atoms with Crippen LogP contribution in [0.15, 0.2) is 41.8 Å². The van der Waals surface area contributed by atoms with Crippen LogP contribution in [-0.2, 0) is 21.2 Å². The first kappa shape index (κ1) is 16.7. The van der Waals surface area contributed by atoms with Crippen molar-refractivity contribution in [2.45, 2.75) is 39.3 Å². The number of carbonyl (C=O) groups is 1. The fourth-order valence-electron chi connectivity index (χ4n) is 2.60. The van der Waals surface area contributed by atoms with Gasteiger partial charge in [-0.1, -0.05) is 43.3 Å². The molecular weight excluding hydrogens is 298 g/mol. The molecule has 2 atom stereocenters. The highest BCUT2D eigenvalue weighted by molar-refractivity contribution is 7.94. The molecule has 0 bridgehead atoms. The minimum atomic E-state index is -3.10. The van der Waals surface area contributed by atoms with Crippen molar-refractivity contribution in [3.05, 3.63) is 47.4 Å². The molecule has 1 aliphatic heterocycles. The van der Waals surface area contributed by atoms with Crippen molar-refractivity contribution >= 4 is 15.7 Å². The molecule has 1 aromatic rings. The van der Waals surface area contributed by atoms with Gasteiger partial charge in [0.15, 0.2) is 9.84 Å². The number of hydrogen-bond acceptors (Lipinski definition) is 3. The average molecular weight is 321 g/mol. The van der Waals surface area contributed by atoms with E-state index >= 15 is 0 Å². The summed E-state index contributed by atoms with van der Waals surface area (Å²) in [5.41, 5.74) is 1.09. The van der Waals surface area contributed by atoms with Crippen molar-refractivity contribution in [1.82, 2.24) is 4.90 Å². The van der Waals surface area contributed by atoms with Gasteiger partial charge in [-0.3, -0.25) is 4.79 Å². The maximum atomic E-state index is 12.6. The first-order chi connectivity index (χ1) is 10.4. The molecule has 120 valence electrons. The second kappa shape index (κ2) is 7.09. The summed E-state index contributed by atoms with van der Waals surface area (Å²) in [7, 11) is -3.10. The Bertz CT molecular complexity index is 637. The molecule has 1 aromatic carbocycles. The topological polar surface area (TPSA) is 54.5 Å². The van der Waals surface area contributed by atoms with E-state index in [0.29, 0.717) is 6.54 Å². The third kappa shape index (κ3) is 4.44. The fraction of sp³-hybridized carbons (Fsp3) is 0.471. The van der Waals surface area contributed by atoms with Crippen LogP contribution in [0.25, 0.3) is 0 Å². The molecular formula is C17H23NO3S. The Kier molecular flexibility index (Phi) is 5.40. The molecule has 0 N–H and O–H groups in total. The Morgan fingerprint density at radius 2 is 2.00 bits per heavy atom. The Balaban J connectivity index is 2.05. The molecule has 0 radical (unpaired) electrons. The summed E-state index contributed by atoms with van der Waals surface area (Å²) in [5, 5.41) is 1.23. The first-order valence-electron chi connectivity index (χ1n) is 7.65. The quantitative estimate of drug-likeness (QED) is 0.809. The van der Waals surface area contributed by atoms with Crippen molar-refractivity contribution in [2.75, 3.05) is 5.75 Å². The zero-order valence-corrected chi connectivity index (χ0v) is 13.9. The second-order valence-electron chi connectivity index (χ2n) is 5.89. The van der Waals surface area contributed by atoms with Gasteiger partial charge >= 0.3 is 0 Å². The minimum Gasteiger partial charge on any atom is -0.336 e. The molecule has 0 fully saturated rings. The van der Waals surface area contributed by atoms with Gasteiger partial charge in [0, 0.05) is 30.3 Å². The molecule has 1 aliphatic rings. The van der Waals surface area contributed by atoms with Crippen LogP contribution in [0.2, 0.25) is 0 Å². The van der Waals surface area contributed by atoms with Crippen molar-refractivity contribution < 1.29 is 13.2 Å². The van der Waals surface area contributed by atoms with Gasteiger partial charge in [-0.25, -0.2) is 8.42 Å². The lowest BCUT2D eigenvalue weighted by Crippen LogP contribution is -2.38. The smallest absolute Gasteiger partial charge is 0.223 e. The summed E-state index contributed by atoms with van der Waals surface area (Å²) < 4.78 is 22.9. The number of sulfone groups is 1. The highest BCUT2D eigenvalue weighted by atomic mass is 32.2. The summed E-state index contributed by atoms with van der Waals surface area (Å²) in [6, 6.07) is 10.0. The van der Waals surface area contributed by atoms with Gasteiger partial charge in [0.1, 0.15) is 0 Å². The molecule has 4 nitrogen and oxygen atoms in total. The van der Waals surface area contributed by atoms with Crippen molar-refractivity contribution in [2.24, 2.45) is 5.92 Å². The molecule has 0 spiro atoms. The zero-order chi connectivity index (χ0) is 16.2. The van der Waals surface area contributed by atoms with Crippen LogP contribution >= 0.6 is 0 Å². The number of allylic oxidation sites excluding steroid dienone is 1. The Labute approximate surface area is 132 Å². The van der Waals surface area contributed by atoms with E-state index in [1.807, 2.05) is 42.2 Å². The highest BCUT2D eigenvalue weighted by Crippen LogP contribution is 2.21. The van der Waals surface area contributed by atoms with Crippen LogP contribution in [0.3, 0.4) is 0 Å². The molecule has 1 heterocycles. The van der Waals surface area contributed by atoms with E-state index < -0.39 is 9.84 Å². The standard InChI is InChI=1S/C17H23NO3S/c1-3-14(2)18(12-15-7-5-4-6-8-15)17(19)11-16-9-10-22(20,21)13-16/h4-10,14,16H,3,11-13H2,1-2H3. The molecule has 0 saturated heterocycles. The number of rotatable bonds is 6. The normalized spacial score (nSPS) is 20.7. The van der Waals surface area contributed by atoms with Crippen molar-refractivity contribution in [1.29, 1.82) is 0 Å². The minimum absolute atomic E-state index is 0.0185. The fourth-order valence-corrected chi connectivity index (χ4v) is 4.00. The third-order valence-electron chi connectivity index (χ3n) is 4.08. The van der Waals surface area contributed by atoms with Crippen LogP contribution in [0.5, 0.6) is 0 Å². The first-order valence-corrected chi connectivity index (χ1v) is 9.37. The monoisotopic (exact) mass is 321 g/mol. The molecule has 5 heteroatoms. The van der Waals surface area contributed by atoms with Gasteiger partial charge in [0.05, 0.1) is 5.75 Å². The molecule has 0 aromatic heterocycles. The summed E-state index contributed by atoms with van der Waals surface area (Å²) in [6.07, 6.45) is 2.77. The maximum absolute atomic E-state index is 12.6. The predicted molar refractivity (Wildman–Crippen MR) is 87.8 cm³/mol. The van der Waals surface area contributed by atoms with E-state index in [0.717, 1.165) is 12.0 Å². The Morgan fingerprint density at radius 3 is 2.55 bits per heavy atom. The second-order valence-corrected chi connectivity index (χ2v) is 7.82. The number of carbonyl (C=O) groups excluding carboxylic acids is 1. The Hall–Kier alpha value is -1.62. The van der Waals surface area contributed by atoms with Gasteiger partial charge in [-0.15, -0.1) is 0 Å². The van der Waals surface area contributed by atoms with Gasteiger partial charge < -0.3 is 4.90 Å². The molecule has 0 aliphatic carbocycles. The highest BCUT2D eigenvalue weighted by Gasteiger charge is 2.27. The lowest BCUT2D eigenvalue weighted by molar-refractivity contribution is -0.134. The summed E-state index contributed by atoms with van der Waals surface area (Å²) in [5.74, 6) is -0.122. The van der Waals surface area contributed by atoms with Crippen LogP contribution in [-0.4, -0.2) is 31.0 Å². The summed E-state index contributed by atoms with van der Waals surface area (Å²) in [6.45, 7) is 4.65. The van der Waals surface area contributed by atoms with Crippen molar-refractivity contribution in [3.63, 3.8) is 0 Å². The predicted octanol–water partition coefficient (Wildman–Crippen LogP) is 2.76. The maximum Gasteiger partial charge on any atom is 0.223 e. The third-order valence-corrected chi connectivity index (χ3v) is 5.54. The van der Waals surface area contributed by atoms with E-state index in [1.54, 1.807) is 6.08 Å². The van der Waals surface area contributed by atoms with E-state index in [4.69, 9.17) is 0 Å². The molecule has 1 amide bonds. The van der Waals surface area contributed by atoms with Crippen molar-refractivity contribution in [3.8, 4) is 0 Å². The van der Waals surface area contributed by atoms with E-state index in [9.17, 15) is 13.2 Å². The van der Waals surface area contributed by atoms with Crippen LogP contribution in [0.1, 0.15) is 32.3 Å². The summed E-state index contributed by atoms with van der Waals surface area (Å²) >= 11 is 0. The van der Waals surface area contributed by atoms with Gasteiger partial charge in [-0.2, -0.15) is 0 Å². The summed E-state index contributed by atoms with van der Waals surface area (Å²) in [4.78, 5) is 14.5. The van der Waals surface area contributed by atoms with Crippen LogP contribution in [0.4, 0.5) is 0 Å². The number of benzene rings is 1.